The quantitative estimate of drug-likeness (QED) is 0.509. The zero-order chi connectivity index (χ0) is 16.0. The highest BCUT2D eigenvalue weighted by molar-refractivity contribution is 6.60. The van der Waals surface area contributed by atoms with E-state index in [0.29, 0.717) is 0 Å². The van der Waals surface area contributed by atoms with Gasteiger partial charge in [0, 0.05) is 11.2 Å². The predicted octanol–water partition coefficient (Wildman–Crippen LogP) is -0.216. The highest BCUT2D eigenvalue weighted by atomic mass is 16.5. The number of hydrogen-bond acceptors (Lipinski definition) is 6. The molecule has 0 fully saturated rings. The van der Waals surface area contributed by atoms with Crippen LogP contribution in [0.5, 0.6) is 0 Å². The Morgan fingerprint density at radius 2 is 2.10 bits per heavy atom. The van der Waals surface area contributed by atoms with Gasteiger partial charge in [0.1, 0.15) is 6.42 Å². The molecule has 1 rings (SSSR count). The molecule has 8 heteroatoms. The van der Waals surface area contributed by atoms with Crippen LogP contribution in [0.3, 0.4) is 0 Å². The second-order valence-electron chi connectivity index (χ2n) is 4.51. The molecule has 1 amide bonds. The van der Waals surface area contributed by atoms with Crippen LogP contribution in [0.2, 0.25) is 0 Å². The van der Waals surface area contributed by atoms with Crippen molar-refractivity contribution < 1.29 is 24.4 Å². The van der Waals surface area contributed by atoms with E-state index in [1.165, 1.54) is 18.2 Å². The van der Waals surface area contributed by atoms with Crippen molar-refractivity contribution in [1.29, 1.82) is 5.26 Å². The zero-order valence-corrected chi connectivity index (χ0v) is 11.7. The SMILES string of the molecule is CC(C)OC(=O)c1ccc(B(O)O)c(NC(=O)CC#N)c1. The summed E-state index contributed by atoms with van der Waals surface area (Å²) in [6, 6.07) is 5.60. The molecular weight excluding hydrogens is 275 g/mol. The van der Waals surface area contributed by atoms with Crippen LogP contribution in [0.1, 0.15) is 30.6 Å². The fourth-order valence-corrected chi connectivity index (χ4v) is 1.56. The van der Waals surface area contributed by atoms with Crippen molar-refractivity contribution in [1.82, 2.24) is 0 Å². The average molecular weight is 290 g/mol. The maximum atomic E-state index is 11.8. The van der Waals surface area contributed by atoms with E-state index in [0.717, 1.165) is 0 Å². The van der Waals surface area contributed by atoms with Crippen LogP contribution < -0.4 is 10.8 Å². The number of rotatable bonds is 5. The van der Waals surface area contributed by atoms with Crippen molar-refractivity contribution in [2.75, 3.05) is 5.32 Å². The Kier molecular flexibility index (Phi) is 5.90. The molecule has 0 unspecified atom stereocenters. The highest BCUT2D eigenvalue weighted by Gasteiger charge is 2.20. The number of benzene rings is 1. The Bertz CT molecular complexity index is 580. The number of amides is 1. The molecule has 0 heterocycles. The Morgan fingerprint density at radius 3 is 2.62 bits per heavy atom. The zero-order valence-electron chi connectivity index (χ0n) is 11.7. The van der Waals surface area contributed by atoms with Crippen molar-refractivity contribution in [3.8, 4) is 6.07 Å². The van der Waals surface area contributed by atoms with E-state index in [-0.39, 0.29) is 29.2 Å². The lowest BCUT2D eigenvalue weighted by Gasteiger charge is -2.13. The van der Waals surface area contributed by atoms with E-state index in [9.17, 15) is 19.6 Å². The second kappa shape index (κ2) is 7.43. The van der Waals surface area contributed by atoms with Crippen molar-refractivity contribution in [2.45, 2.75) is 26.4 Å². The number of carbonyl (C=O) groups is 2. The summed E-state index contributed by atoms with van der Waals surface area (Å²) in [6.07, 6.45) is -0.695. The minimum absolute atomic E-state index is 0.0161. The van der Waals surface area contributed by atoms with Gasteiger partial charge >= 0.3 is 13.1 Å². The first kappa shape index (κ1) is 16.7. The third-order valence-corrected chi connectivity index (χ3v) is 2.42. The monoisotopic (exact) mass is 290 g/mol. The van der Waals surface area contributed by atoms with E-state index >= 15 is 0 Å². The molecule has 7 nitrogen and oxygen atoms in total. The lowest BCUT2D eigenvalue weighted by Crippen LogP contribution is -2.34. The molecule has 1 aromatic carbocycles. The van der Waals surface area contributed by atoms with Gasteiger partial charge in [-0.3, -0.25) is 4.79 Å². The summed E-state index contributed by atoms with van der Waals surface area (Å²) in [5.74, 6) is -1.21. The molecule has 0 spiro atoms. The van der Waals surface area contributed by atoms with E-state index in [2.05, 4.69) is 5.32 Å². The average Bonchev–Trinajstić information content (AvgIpc) is 2.37. The molecule has 0 atom stereocenters. The number of esters is 1. The maximum absolute atomic E-state index is 11.8. The van der Waals surface area contributed by atoms with E-state index < -0.39 is 19.0 Å². The van der Waals surface area contributed by atoms with Crippen molar-refractivity contribution in [3.05, 3.63) is 23.8 Å². The summed E-state index contributed by atoms with van der Waals surface area (Å²) >= 11 is 0. The van der Waals surface area contributed by atoms with E-state index in [1.807, 2.05) is 0 Å². The smallest absolute Gasteiger partial charge is 0.459 e. The van der Waals surface area contributed by atoms with Crippen LogP contribution in [-0.2, 0) is 9.53 Å². The van der Waals surface area contributed by atoms with Gasteiger partial charge in [0.2, 0.25) is 5.91 Å². The lowest BCUT2D eigenvalue weighted by atomic mass is 9.78. The molecule has 0 aliphatic carbocycles. The summed E-state index contributed by atoms with van der Waals surface area (Å²) in [4.78, 5) is 23.2. The second-order valence-corrected chi connectivity index (χ2v) is 4.51. The maximum Gasteiger partial charge on any atom is 0.490 e. The van der Waals surface area contributed by atoms with Gasteiger partial charge in [0.15, 0.2) is 0 Å². The Hall–Kier alpha value is -2.37. The minimum Gasteiger partial charge on any atom is -0.459 e. The van der Waals surface area contributed by atoms with Crippen molar-refractivity contribution in [2.24, 2.45) is 0 Å². The van der Waals surface area contributed by atoms with E-state index in [1.54, 1.807) is 19.9 Å². The van der Waals surface area contributed by atoms with Crippen LogP contribution in [0.15, 0.2) is 18.2 Å². The molecule has 0 aromatic heterocycles. The predicted molar refractivity (Wildman–Crippen MR) is 75.7 cm³/mol. The largest absolute Gasteiger partial charge is 0.490 e. The minimum atomic E-state index is -1.82. The first-order chi connectivity index (χ1) is 9.85. The Balaban J connectivity index is 3.09. The van der Waals surface area contributed by atoms with Crippen LogP contribution in [0, 0.1) is 11.3 Å². The standard InChI is InChI=1S/C13H15BN2O5/c1-8(2)21-13(18)9-3-4-10(14(19)20)11(7-9)16-12(17)5-6-15/h3-4,7-8,19-20H,5H2,1-2H3,(H,16,17). The fourth-order valence-electron chi connectivity index (χ4n) is 1.56. The lowest BCUT2D eigenvalue weighted by molar-refractivity contribution is -0.115. The topological polar surface area (TPSA) is 120 Å². The summed E-state index contributed by atoms with van der Waals surface area (Å²) in [5, 5.41) is 29.3. The van der Waals surface area contributed by atoms with Gasteiger partial charge in [0.05, 0.1) is 17.7 Å². The summed E-state index contributed by atoms with van der Waals surface area (Å²) in [7, 11) is -1.82. The van der Waals surface area contributed by atoms with Crippen molar-refractivity contribution >= 4 is 30.1 Å². The highest BCUT2D eigenvalue weighted by Crippen LogP contribution is 2.12. The van der Waals surface area contributed by atoms with Crippen LogP contribution in [0.25, 0.3) is 0 Å². The number of hydrogen-bond donors (Lipinski definition) is 3. The molecular formula is C13H15BN2O5. The Morgan fingerprint density at radius 1 is 1.43 bits per heavy atom. The molecule has 21 heavy (non-hydrogen) atoms. The number of nitrogens with one attached hydrogen (secondary N) is 1. The molecule has 0 radical (unpaired) electrons. The first-order valence-corrected chi connectivity index (χ1v) is 6.23. The number of carbonyl (C=O) groups excluding carboxylic acids is 2. The van der Waals surface area contributed by atoms with Gasteiger partial charge < -0.3 is 20.1 Å². The number of nitrogens with zero attached hydrogens (tertiary/aromatic N) is 1. The summed E-state index contributed by atoms with van der Waals surface area (Å²) in [5.41, 5.74) is 0.214. The normalized spacial score (nSPS) is 9.90. The van der Waals surface area contributed by atoms with Gasteiger partial charge in [-0.1, -0.05) is 6.07 Å². The molecule has 0 bridgehead atoms. The van der Waals surface area contributed by atoms with E-state index in [4.69, 9.17) is 10.00 Å². The van der Waals surface area contributed by atoms with Crippen LogP contribution >= 0.6 is 0 Å². The van der Waals surface area contributed by atoms with Crippen molar-refractivity contribution in [3.63, 3.8) is 0 Å². The number of anilines is 1. The molecule has 0 aliphatic rings. The van der Waals surface area contributed by atoms with Gasteiger partial charge in [-0.2, -0.15) is 5.26 Å². The molecule has 0 aliphatic heterocycles. The molecule has 110 valence electrons. The number of ether oxygens (including phenoxy) is 1. The fraction of sp³-hybridized carbons (Fsp3) is 0.308. The molecule has 3 N–H and O–H groups in total. The third-order valence-electron chi connectivity index (χ3n) is 2.42. The summed E-state index contributed by atoms with van der Waals surface area (Å²) < 4.78 is 5.02. The molecule has 0 saturated carbocycles. The summed E-state index contributed by atoms with van der Waals surface area (Å²) in [6.45, 7) is 3.39. The molecule has 0 saturated heterocycles. The molecule has 1 aromatic rings. The number of nitriles is 1. The van der Waals surface area contributed by atoms with Crippen LogP contribution in [-0.4, -0.2) is 35.1 Å². The Labute approximate surface area is 122 Å². The third kappa shape index (κ3) is 4.91. The van der Waals surface area contributed by atoms with Gasteiger partial charge in [-0.05, 0) is 26.0 Å². The van der Waals surface area contributed by atoms with Gasteiger partial charge in [-0.25, -0.2) is 4.79 Å². The van der Waals surface area contributed by atoms with Gasteiger partial charge in [0.25, 0.3) is 0 Å². The van der Waals surface area contributed by atoms with Crippen LogP contribution in [0.4, 0.5) is 5.69 Å². The first-order valence-electron chi connectivity index (χ1n) is 6.23. The van der Waals surface area contributed by atoms with Gasteiger partial charge in [-0.15, -0.1) is 0 Å².